The summed E-state index contributed by atoms with van der Waals surface area (Å²) in [6.07, 6.45) is 0. The van der Waals surface area contributed by atoms with Crippen LogP contribution in [-0.2, 0) is 0 Å². The molecule has 24 heavy (non-hydrogen) atoms. The Morgan fingerprint density at radius 2 is 1.88 bits per heavy atom. The third kappa shape index (κ3) is 4.65. The maximum atomic E-state index is 13.4. The van der Waals surface area contributed by atoms with Crippen LogP contribution in [0.3, 0.4) is 0 Å². The van der Waals surface area contributed by atoms with Crippen LogP contribution in [0.5, 0.6) is 11.5 Å². The molecule has 0 bridgehead atoms. The normalized spacial score (nSPS) is 9.46. The molecule has 2 aromatic rings. The summed E-state index contributed by atoms with van der Waals surface area (Å²) in [7, 11) is 3.05. The molecule has 0 heterocycles. The fourth-order valence-electron chi connectivity index (χ4n) is 1.92. The van der Waals surface area contributed by atoms with Crippen LogP contribution in [0.25, 0.3) is 0 Å². The first-order chi connectivity index (χ1) is 11.6. The van der Waals surface area contributed by atoms with E-state index in [1.807, 2.05) is 0 Å². The molecule has 2 amide bonds. The van der Waals surface area contributed by atoms with E-state index in [0.29, 0.717) is 22.7 Å². The van der Waals surface area contributed by atoms with E-state index in [9.17, 15) is 9.18 Å². The maximum Gasteiger partial charge on any atom is 0.319 e. The molecule has 0 radical (unpaired) electrons. The number of hydrogen-bond donors (Lipinski definition) is 2. The molecule has 2 N–H and O–H groups in total. The molecule has 5 nitrogen and oxygen atoms in total. The zero-order chi connectivity index (χ0) is 17.4. The molecule has 0 aromatic heterocycles. The smallest absolute Gasteiger partial charge is 0.319 e. The SMILES string of the molecule is COc1ccc(NC(=O)NCC#Cc2ccccc2F)cc1OC. The average molecular weight is 328 g/mol. The molecular weight excluding hydrogens is 311 g/mol. The number of urea groups is 1. The van der Waals surface area contributed by atoms with Crippen molar-refractivity contribution in [2.24, 2.45) is 0 Å². The summed E-state index contributed by atoms with van der Waals surface area (Å²) >= 11 is 0. The highest BCUT2D eigenvalue weighted by Crippen LogP contribution is 2.29. The van der Waals surface area contributed by atoms with Gasteiger partial charge in [0.2, 0.25) is 0 Å². The molecule has 2 aromatic carbocycles. The fraction of sp³-hybridized carbons (Fsp3) is 0.167. The van der Waals surface area contributed by atoms with E-state index in [4.69, 9.17) is 9.47 Å². The second-order valence-electron chi connectivity index (χ2n) is 4.66. The van der Waals surface area contributed by atoms with Crippen LogP contribution in [-0.4, -0.2) is 26.8 Å². The number of hydrogen-bond acceptors (Lipinski definition) is 3. The van der Waals surface area contributed by atoms with Crippen LogP contribution < -0.4 is 20.1 Å². The van der Waals surface area contributed by atoms with Crippen LogP contribution in [0.2, 0.25) is 0 Å². The van der Waals surface area contributed by atoms with Gasteiger partial charge in [0, 0.05) is 11.8 Å². The molecule has 2 rings (SSSR count). The van der Waals surface area contributed by atoms with E-state index in [1.54, 1.807) is 36.4 Å². The van der Waals surface area contributed by atoms with E-state index in [-0.39, 0.29) is 12.4 Å². The van der Waals surface area contributed by atoms with E-state index < -0.39 is 6.03 Å². The maximum absolute atomic E-state index is 13.4. The third-order valence-electron chi connectivity index (χ3n) is 3.08. The minimum Gasteiger partial charge on any atom is -0.493 e. The van der Waals surface area contributed by atoms with Gasteiger partial charge in [0.1, 0.15) is 5.82 Å². The summed E-state index contributed by atoms with van der Waals surface area (Å²) in [5.41, 5.74) is 0.840. The van der Waals surface area contributed by atoms with Gasteiger partial charge in [0.25, 0.3) is 0 Å². The van der Waals surface area contributed by atoms with E-state index in [1.165, 1.54) is 20.3 Å². The number of anilines is 1. The highest BCUT2D eigenvalue weighted by molar-refractivity contribution is 5.89. The lowest BCUT2D eigenvalue weighted by Crippen LogP contribution is -2.28. The summed E-state index contributed by atoms with van der Waals surface area (Å²) in [5.74, 6) is 6.04. The Bertz CT molecular complexity index is 781. The molecule has 0 fully saturated rings. The van der Waals surface area contributed by atoms with Crippen LogP contribution in [0.1, 0.15) is 5.56 Å². The van der Waals surface area contributed by atoms with Crippen molar-refractivity contribution in [3.8, 4) is 23.3 Å². The van der Waals surface area contributed by atoms with Gasteiger partial charge in [-0.2, -0.15) is 0 Å². The van der Waals surface area contributed by atoms with E-state index >= 15 is 0 Å². The Morgan fingerprint density at radius 3 is 2.58 bits per heavy atom. The van der Waals surface area contributed by atoms with Gasteiger partial charge in [-0.1, -0.05) is 24.0 Å². The predicted molar refractivity (Wildman–Crippen MR) is 89.8 cm³/mol. The van der Waals surface area contributed by atoms with Crippen molar-refractivity contribution in [3.05, 3.63) is 53.8 Å². The highest BCUT2D eigenvalue weighted by atomic mass is 19.1. The highest BCUT2D eigenvalue weighted by Gasteiger charge is 2.06. The largest absolute Gasteiger partial charge is 0.493 e. The minimum absolute atomic E-state index is 0.0907. The second-order valence-corrected chi connectivity index (χ2v) is 4.66. The molecule has 0 aliphatic heterocycles. The van der Waals surface area contributed by atoms with Gasteiger partial charge < -0.3 is 20.1 Å². The van der Waals surface area contributed by atoms with Crippen molar-refractivity contribution in [1.82, 2.24) is 5.32 Å². The predicted octanol–water partition coefficient (Wildman–Crippen LogP) is 3.02. The molecule has 0 aliphatic rings. The van der Waals surface area contributed by atoms with Gasteiger partial charge in [-0.05, 0) is 24.3 Å². The summed E-state index contributed by atoms with van der Waals surface area (Å²) in [4.78, 5) is 11.8. The number of halogens is 1. The number of carbonyl (C=O) groups is 1. The number of amides is 2. The standard InChI is InChI=1S/C18H17FN2O3/c1-23-16-10-9-14(12-17(16)24-2)21-18(22)20-11-5-7-13-6-3-4-8-15(13)19/h3-4,6,8-10,12H,11H2,1-2H3,(H2,20,21,22). The number of carbonyl (C=O) groups excluding carboxylic acids is 1. The van der Waals surface area contributed by atoms with Gasteiger partial charge in [0.05, 0.1) is 26.3 Å². The fourth-order valence-corrected chi connectivity index (χ4v) is 1.92. The first-order valence-corrected chi connectivity index (χ1v) is 7.14. The van der Waals surface area contributed by atoms with Crippen LogP contribution in [0, 0.1) is 17.7 Å². The first kappa shape index (κ1) is 17.2. The van der Waals surface area contributed by atoms with Gasteiger partial charge in [-0.15, -0.1) is 0 Å². The Morgan fingerprint density at radius 1 is 1.12 bits per heavy atom. The summed E-state index contributed by atoms with van der Waals surface area (Å²) in [5, 5.41) is 5.22. The zero-order valence-corrected chi connectivity index (χ0v) is 13.4. The molecule has 124 valence electrons. The molecular formula is C18H17FN2O3. The number of nitrogens with one attached hydrogen (secondary N) is 2. The average Bonchev–Trinajstić information content (AvgIpc) is 2.60. The molecule has 0 unspecified atom stereocenters. The van der Waals surface area contributed by atoms with Gasteiger partial charge in [-0.25, -0.2) is 9.18 Å². The van der Waals surface area contributed by atoms with Crippen molar-refractivity contribution in [3.63, 3.8) is 0 Å². The molecule has 0 aliphatic carbocycles. The quantitative estimate of drug-likeness (QED) is 0.848. The Hall–Kier alpha value is -3.20. The van der Waals surface area contributed by atoms with Crippen LogP contribution >= 0.6 is 0 Å². The number of rotatable bonds is 4. The second kappa shape index (κ2) is 8.44. The minimum atomic E-state index is -0.426. The van der Waals surface area contributed by atoms with Crippen molar-refractivity contribution in [2.45, 2.75) is 0 Å². The number of ether oxygens (including phenoxy) is 2. The van der Waals surface area contributed by atoms with Crippen molar-refractivity contribution >= 4 is 11.7 Å². The van der Waals surface area contributed by atoms with Gasteiger partial charge in [-0.3, -0.25) is 0 Å². The van der Waals surface area contributed by atoms with Crippen molar-refractivity contribution in [1.29, 1.82) is 0 Å². The summed E-state index contributed by atoms with van der Waals surface area (Å²) in [6, 6.07) is 10.8. The Balaban J connectivity index is 1.89. The molecule has 6 heteroatoms. The summed E-state index contributed by atoms with van der Waals surface area (Å²) in [6.45, 7) is 0.0907. The van der Waals surface area contributed by atoms with Crippen LogP contribution in [0.15, 0.2) is 42.5 Å². The Labute approximate surface area is 139 Å². The molecule has 0 saturated heterocycles. The van der Waals surface area contributed by atoms with E-state index in [0.717, 1.165) is 0 Å². The molecule has 0 spiro atoms. The number of benzene rings is 2. The van der Waals surface area contributed by atoms with Crippen molar-refractivity contribution < 1.29 is 18.7 Å². The summed E-state index contributed by atoms with van der Waals surface area (Å²) < 4.78 is 23.7. The first-order valence-electron chi connectivity index (χ1n) is 7.14. The Kier molecular flexibility index (Phi) is 6.03. The lowest BCUT2D eigenvalue weighted by atomic mass is 10.2. The number of methoxy groups -OCH3 is 2. The van der Waals surface area contributed by atoms with Crippen LogP contribution in [0.4, 0.5) is 14.9 Å². The zero-order valence-electron chi connectivity index (χ0n) is 13.4. The van der Waals surface area contributed by atoms with Crippen molar-refractivity contribution in [2.75, 3.05) is 26.1 Å². The molecule has 0 atom stereocenters. The molecule has 0 saturated carbocycles. The van der Waals surface area contributed by atoms with Gasteiger partial charge in [0.15, 0.2) is 11.5 Å². The lowest BCUT2D eigenvalue weighted by molar-refractivity contribution is 0.253. The van der Waals surface area contributed by atoms with Gasteiger partial charge >= 0.3 is 6.03 Å². The monoisotopic (exact) mass is 328 g/mol. The topological polar surface area (TPSA) is 59.6 Å². The lowest BCUT2D eigenvalue weighted by Gasteiger charge is -2.10. The van der Waals surface area contributed by atoms with E-state index in [2.05, 4.69) is 22.5 Å². The third-order valence-corrected chi connectivity index (χ3v) is 3.08.